The van der Waals surface area contributed by atoms with Crippen molar-refractivity contribution in [2.45, 2.75) is 73.7 Å². The zero-order valence-corrected chi connectivity index (χ0v) is 21.2. The smallest absolute Gasteiger partial charge is 0.0548 e. The van der Waals surface area contributed by atoms with Gasteiger partial charge in [0.1, 0.15) is 0 Å². The van der Waals surface area contributed by atoms with Crippen LogP contribution in [0.4, 0.5) is 0 Å². The summed E-state index contributed by atoms with van der Waals surface area (Å²) in [6.45, 7) is 6.46. The van der Waals surface area contributed by atoms with Gasteiger partial charge < -0.3 is 21.5 Å². The third kappa shape index (κ3) is 21.8. The van der Waals surface area contributed by atoms with Crippen LogP contribution in [0.2, 0.25) is 8.87 Å². The molecular formula is C20H32N4S2Sn-4. The maximum Gasteiger partial charge on any atom is -0.0548 e. The fraction of sp³-hybridized carbons (Fsp3) is 0.700. The molecule has 1 saturated heterocycles. The molecular weight excluding hydrogens is 479 g/mol. The van der Waals surface area contributed by atoms with E-state index >= 15 is 0 Å². The predicted molar refractivity (Wildman–Crippen MR) is 128 cm³/mol. The summed E-state index contributed by atoms with van der Waals surface area (Å²) in [6, 6.07) is 0.406. The molecule has 0 aromatic carbocycles. The third-order valence-electron chi connectivity index (χ3n) is 3.77. The van der Waals surface area contributed by atoms with E-state index in [4.69, 9.17) is 10.8 Å². The van der Waals surface area contributed by atoms with E-state index in [-0.39, 0.29) is 21.1 Å². The van der Waals surface area contributed by atoms with Crippen LogP contribution in [0.15, 0.2) is 23.9 Å². The fourth-order valence-electron chi connectivity index (χ4n) is 2.41. The molecule has 1 fully saturated rings. The van der Waals surface area contributed by atoms with E-state index < -0.39 is 0 Å². The van der Waals surface area contributed by atoms with Crippen molar-refractivity contribution in [3.05, 3.63) is 45.4 Å². The Morgan fingerprint density at radius 1 is 1.11 bits per heavy atom. The van der Waals surface area contributed by atoms with Crippen LogP contribution in [0, 0.1) is 0 Å². The number of piperidine rings is 1. The number of thiocarbonyl (C=S) groups is 2. The van der Waals surface area contributed by atoms with Crippen molar-refractivity contribution in [2.24, 2.45) is 0 Å². The summed E-state index contributed by atoms with van der Waals surface area (Å²) in [7, 11) is 0. The molecule has 0 aliphatic carbocycles. The van der Waals surface area contributed by atoms with Gasteiger partial charge in [-0.25, -0.2) is 0 Å². The molecule has 27 heavy (non-hydrogen) atoms. The van der Waals surface area contributed by atoms with Crippen molar-refractivity contribution in [3.63, 3.8) is 0 Å². The van der Waals surface area contributed by atoms with Crippen molar-refractivity contribution in [3.8, 4) is 0 Å². The summed E-state index contributed by atoms with van der Waals surface area (Å²) in [5, 5.41) is 25.9. The molecule has 0 bridgehead atoms. The van der Waals surface area contributed by atoms with Crippen LogP contribution in [0.1, 0.15) is 58.8 Å². The van der Waals surface area contributed by atoms with Crippen LogP contribution in [-0.4, -0.2) is 50.6 Å². The Bertz CT molecular complexity index is 431. The van der Waals surface area contributed by atoms with Gasteiger partial charge in [-0.3, -0.25) is 0 Å². The van der Waals surface area contributed by atoms with Crippen LogP contribution in [0.5, 0.6) is 0 Å². The van der Waals surface area contributed by atoms with Crippen LogP contribution in [0.25, 0.3) is 21.5 Å². The minimum Gasteiger partial charge on any atom is -0.753 e. The van der Waals surface area contributed by atoms with Gasteiger partial charge in [-0.1, -0.05) is 55.9 Å². The third-order valence-corrected chi connectivity index (χ3v) is 7.81. The van der Waals surface area contributed by atoms with Gasteiger partial charge in [0.25, 0.3) is 0 Å². The monoisotopic (exact) mass is 512 g/mol. The summed E-state index contributed by atoms with van der Waals surface area (Å²) in [6.07, 6.45) is 15.9. The summed E-state index contributed by atoms with van der Waals surface area (Å²) in [4.78, 5) is 0. The van der Waals surface area contributed by atoms with Crippen molar-refractivity contribution in [2.75, 3.05) is 13.1 Å². The molecule has 7 heteroatoms. The zero-order valence-electron chi connectivity index (χ0n) is 16.7. The average molecular weight is 511 g/mol. The van der Waals surface area contributed by atoms with Crippen LogP contribution in [0.3, 0.4) is 0 Å². The molecule has 0 aromatic rings. The molecule has 0 N–H and O–H groups in total. The Hall–Kier alpha value is -0.361. The van der Waals surface area contributed by atoms with Crippen molar-refractivity contribution < 1.29 is 0 Å². The number of allylic oxidation sites excluding steroid dienone is 2. The average Bonchev–Trinajstić information content (AvgIpc) is 2.71. The molecule has 2 radical (unpaired) electrons. The second-order valence-electron chi connectivity index (χ2n) is 5.92. The largest absolute Gasteiger partial charge is 0.753 e. The molecule has 2 rings (SSSR count). The second-order valence-corrected chi connectivity index (χ2v) is 10.6. The molecule has 0 spiro atoms. The maximum atomic E-state index is 7.13. The van der Waals surface area contributed by atoms with E-state index in [2.05, 4.69) is 67.1 Å². The summed E-state index contributed by atoms with van der Waals surface area (Å²) in [5.41, 5.74) is 1.19. The first-order chi connectivity index (χ1) is 13.2. The SMILES string of the molecule is C1=CC[N-]C(C2CCCC[N-]2)=C1.CCC[CH2][Sn][CH2]CCC.[N-]=C=S.[N-]=C=S. The van der Waals surface area contributed by atoms with Crippen molar-refractivity contribution in [1.29, 1.82) is 0 Å². The predicted octanol–water partition coefficient (Wildman–Crippen LogP) is 7.18. The molecule has 0 aromatic heterocycles. The molecule has 2 aliphatic rings. The first-order valence-electron chi connectivity index (χ1n) is 9.65. The van der Waals surface area contributed by atoms with Crippen LogP contribution < -0.4 is 0 Å². The fourth-order valence-corrected chi connectivity index (χ4v) is 6.57. The Kier molecular flexibility index (Phi) is 27.4. The van der Waals surface area contributed by atoms with E-state index in [1.165, 1.54) is 61.0 Å². The first-order valence-corrected chi connectivity index (χ1v) is 14.5. The Morgan fingerprint density at radius 3 is 2.11 bits per heavy atom. The van der Waals surface area contributed by atoms with E-state index in [1.54, 1.807) is 8.87 Å². The van der Waals surface area contributed by atoms with Gasteiger partial charge in [0.05, 0.1) is 0 Å². The number of rotatable bonds is 7. The molecule has 0 saturated carbocycles. The molecule has 2 heterocycles. The summed E-state index contributed by atoms with van der Waals surface area (Å²) >= 11 is 7.55. The quantitative estimate of drug-likeness (QED) is 0.157. The van der Waals surface area contributed by atoms with E-state index in [0.717, 1.165) is 13.1 Å². The standard InChI is InChI=1S/C10H14N2.2C4H9.2CNS.Sn/c1-3-7-11-9(5-1)10-6-2-4-8-12-10;2*1-3-4-2;2*2-1-3;/h1,3,5,10H,2,4,6-8H2;2*1,3-4H2,2H3;;;/q-2;;;2*-1;. The van der Waals surface area contributed by atoms with Crippen LogP contribution in [-0.2, 0) is 0 Å². The van der Waals surface area contributed by atoms with Gasteiger partial charge in [0.15, 0.2) is 0 Å². The second kappa shape index (κ2) is 25.6. The first kappa shape index (κ1) is 28.8. The van der Waals surface area contributed by atoms with Crippen molar-refractivity contribution >= 4 is 55.9 Å². The number of unbranched alkanes of at least 4 members (excludes halogenated alkanes) is 2. The Balaban J connectivity index is 0. The van der Waals surface area contributed by atoms with Gasteiger partial charge in [0.2, 0.25) is 0 Å². The van der Waals surface area contributed by atoms with Gasteiger partial charge in [-0.2, -0.15) is 16.0 Å². The number of hydrogen-bond donors (Lipinski definition) is 0. The van der Waals surface area contributed by atoms with E-state index in [1.807, 2.05) is 0 Å². The van der Waals surface area contributed by atoms with Gasteiger partial charge in [-0.05, 0) is 0 Å². The molecule has 0 amide bonds. The Labute approximate surface area is 187 Å². The molecule has 152 valence electrons. The maximum absolute atomic E-state index is 7.13. The van der Waals surface area contributed by atoms with E-state index in [0.29, 0.717) is 6.04 Å². The topological polar surface area (TPSA) is 72.8 Å². The van der Waals surface area contributed by atoms with Crippen molar-refractivity contribution in [1.82, 2.24) is 0 Å². The molecule has 2 aliphatic heterocycles. The molecule has 1 atom stereocenters. The summed E-state index contributed by atoms with van der Waals surface area (Å²) in [5.74, 6) is 0. The van der Waals surface area contributed by atoms with Gasteiger partial charge in [-0.15, -0.1) is 25.2 Å². The van der Waals surface area contributed by atoms with Crippen LogP contribution >= 0.6 is 24.4 Å². The number of nitrogens with zero attached hydrogens (tertiary/aromatic N) is 4. The summed E-state index contributed by atoms with van der Waals surface area (Å²) < 4.78 is 3.25. The minimum absolute atomic E-state index is 0.149. The molecule has 1 unspecified atom stereocenters. The number of hydrogen-bond acceptors (Lipinski definition) is 2. The molecule has 4 nitrogen and oxygen atoms in total. The Morgan fingerprint density at radius 2 is 1.70 bits per heavy atom. The minimum atomic E-state index is 0.149. The van der Waals surface area contributed by atoms with Gasteiger partial charge in [0, 0.05) is 0 Å². The number of isothiocyanates is 2. The zero-order chi connectivity index (χ0) is 20.6. The normalized spacial score (nSPS) is 17.0. The van der Waals surface area contributed by atoms with E-state index in [9.17, 15) is 0 Å². The van der Waals surface area contributed by atoms with Gasteiger partial charge >= 0.3 is 69.5 Å².